The lowest BCUT2D eigenvalue weighted by Crippen LogP contribution is -2.19. The summed E-state index contributed by atoms with van der Waals surface area (Å²) < 4.78 is 0. The van der Waals surface area contributed by atoms with Crippen molar-refractivity contribution >= 4 is 17.9 Å². The molecule has 1 saturated heterocycles. The molecule has 86 valence electrons. The number of nitrogens with zero attached hydrogens (tertiary/aromatic N) is 1. The molecule has 0 bridgehead atoms. The smallest absolute Gasteiger partial charge is 0.127 e. The fraction of sp³-hybridized carbons (Fsp3) is 0.462. The number of carbonyl (C=O) groups excluding carboxylic acids is 1. The topological polar surface area (TPSA) is 20.3 Å². The zero-order valence-electron chi connectivity index (χ0n) is 9.40. The fourth-order valence-electron chi connectivity index (χ4n) is 2.45. The molecular weight excluding hydrogens is 222 g/mol. The average molecular weight is 238 g/mol. The average Bonchev–Trinajstić information content (AvgIpc) is 2.69. The van der Waals surface area contributed by atoms with E-state index in [-0.39, 0.29) is 5.92 Å². The molecule has 0 spiro atoms. The molecule has 2 nitrogen and oxygen atoms in total. The molecule has 1 heterocycles. The van der Waals surface area contributed by atoms with Crippen molar-refractivity contribution in [2.45, 2.75) is 12.3 Å². The van der Waals surface area contributed by atoms with Crippen LogP contribution in [0.2, 0.25) is 5.02 Å². The quantitative estimate of drug-likeness (QED) is 0.754. The lowest BCUT2D eigenvalue weighted by atomic mass is 9.86. The van der Waals surface area contributed by atoms with Crippen molar-refractivity contribution in [1.29, 1.82) is 0 Å². The second-order valence-corrected chi connectivity index (χ2v) is 4.90. The molecule has 2 atom stereocenters. The van der Waals surface area contributed by atoms with Crippen molar-refractivity contribution in [3.8, 4) is 0 Å². The van der Waals surface area contributed by atoms with E-state index in [2.05, 4.69) is 11.9 Å². The van der Waals surface area contributed by atoms with Gasteiger partial charge < -0.3 is 9.69 Å². The number of likely N-dealkylation sites (tertiary alicyclic amines) is 1. The van der Waals surface area contributed by atoms with Gasteiger partial charge in [0.1, 0.15) is 6.29 Å². The van der Waals surface area contributed by atoms with Gasteiger partial charge in [-0.2, -0.15) is 0 Å². The number of hydrogen-bond acceptors (Lipinski definition) is 2. The predicted molar refractivity (Wildman–Crippen MR) is 65.9 cm³/mol. The first-order valence-electron chi connectivity index (χ1n) is 5.60. The standard InChI is InChI=1S/C13H16ClNO/c1-15-7-6-10(8-15)12(9-16)11-4-2-3-5-13(11)14/h2-5,9-10,12H,6-8H2,1H3. The highest BCUT2D eigenvalue weighted by molar-refractivity contribution is 6.31. The van der Waals surface area contributed by atoms with E-state index in [9.17, 15) is 4.79 Å². The van der Waals surface area contributed by atoms with Crippen molar-refractivity contribution in [3.05, 3.63) is 34.9 Å². The minimum Gasteiger partial charge on any atom is -0.306 e. The number of halogens is 1. The number of rotatable bonds is 3. The van der Waals surface area contributed by atoms with Gasteiger partial charge in [0, 0.05) is 17.5 Å². The van der Waals surface area contributed by atoms with E-state index in [4.69, 9.17) is 11.6 Å². The minimum atomic E-state index is -0.0568. The van der Waals surface area contributed by atoms with Crippen LogP contribution < -0.4 is 0 Å². The number of hydrogen-bond donors (Lipinski definition) is 0. The number of carbonyl (C=O) groups is 1. The molecule has 1 fully saturated rings. The van der Waals surface area contributed by atoms with Crippen LogP contribution in [0.4, 0.5) is 0 Å². The minimum absolute atomic E-state index is 0.0568. The third-order valence-corrected chi connectivity index (χ3v) is 3.69. The van der Waals surface area contributed by atoms with Gasteiger partial charge in [-0.1, -0.05) is 29.8 Å². The molecule has 0 N–H and O–H groups in total. The van der Waals surface area contributed by atoms with Crippen LogP contribution in [0.3, 0.4) is 0 Å². The highest BCUT2D eigenvalue weighted by Crippen LogP contribution is 2.33. The summed E-state index contributed by atoms with van der Waals surface area (Å²) in [6, 6.07) is 7.65. The fourth-order valence-corrected chi connectivity index (χ4v) is 2.71. The van der Waals surface area contributed by atoms with Crippen molar-refractivity contribution in [1.82, 2.24) is 4.90 Å². The summed E-state index contributed by atoms with van der Waals surface area (Å²) in [6.45, 7) is 2.05. The maximum atomic E-state index is 11.3. The van der Waals surface area contributed by atoms with Gasteiger partial charge in [0.2, 0.25) is 0 Å². The van der Waals surface area contributed by atoms with Crippen LogP contribution >= 0.6 is 11.6 Å². The Balaban J connectivity index is 2.23. The van der Waals surface area contributed by atoms with Crippen LogP contribution in [-0.4, -0.2) is 31.3 Å². The Bertz CT molecular complexity index is 380. The molecule has 16 heavy (non-hydrogen) atoms. The molecule has 0 amide bonds. The van der Waals surface area contributed by atoms with E-state index < -0.39 is 0 Å². The second-order valence-electron chi connectivity index (χ2n) is 4.49. The second kappa shape index (κ2) is 4.98. The molecule has 0 aromatic heterocycles. The molecule has 2 unspecified atom stereocenters. The zero-order chi connectivity index (χ0) is 11.5. The predicted octanol–water partition coefficient (Wildman–Crippen LogP) is 2.57. The Morgan fingerprint density at radius 1 is 1.50 bits per heavy atom. The molecule has 0 saturated carbocycles. The van der Waals surface area contributed by atoms with E-state index >= 15 is 0 Å². The molecule has 1 aliphatic heterocycles. The van der Waals surface area contributed by atoms with E-state index in [1.54, 1.807) is 0 Å². The molecule has 0 aliphatic carbocycles. The molecule has 1 aromatic rings. The van der Waals surface area contributed by atoms with Gasteiger partial charge in [0.05, 0.1) is 0 Å². The van der Waals surface area contributed by atoms with Gasteiger partial charge >= 0.3 is 0 Å². The first-order valence-corrected chi connectivity index (χ1v) is 5.98. The summed E-state index contributed by atoms with van der Waals surface area (Å²) in [4.78, 5) is 13.5. The van der Waals surface area contributed by atoms with Crippen LogP contribution in [0.25, 0.3) is 0 Å². The van der Waals surface area contributed by atoms with Gasteiger partial charge in [-0.25, -0.2) is 0 Å². The van der Waals surface area contributed by atoms with Crippen LogP contribution in [0.15, 0.2) is 24.3 Å². The van der Waals surface area contributed by atoms with Crippen LogP contribution in [0.1, 0.15) is 17.9 Å². The van der Waals surface area contributed by atoms with Gasteiger partial charge in [-0.3, -0.25) is 0 Å². The van der Waals surface area contributed by atoms with Crippen molar-refractivity contribution in [2.75, 3.05) is 20.1 Å². The van der Waals surface area contributed by atoms with Crippen molar-refractivity contribution in [2.24, 2.45) is 5.92 Å². The SMILES string of the molecule is CN1CCC(C(C=O)c2ccccc2Cl)C1. The Morgan fingerprint density at radius 3 is 2.81 bits per heavy atom. The first kappa shape index (κ1) is 11.6. The third-order valence-electron chi connectivity index (χ3n) is 3.35. The maximum Gasteiger partial charge on any atom is 0.127 e. The van der Waals surface area contributed by atoms with Crippen LogP contribution in [0, 0.1) is 5.92 Å². The summed E-state index contributed by atoms with van der Waals surface area (Å²) in [6.07, 6.45) is 2.12. The Hall–Kier alpha value is -0.860. The van der Waals surface area contributed by atoms with Crippen LogP contribution in [0.5, 0.6) is 0 Å². The van der Waals surface area contributed by atoms with Gasteiger partial charge in [0.25, 0.3) is 0 Å². The normalized spacial score (nSPS) is 23.2. The Labute approximate surface area is 101 Å². The van der Waals surface area contributed by atoms with Gasteiger partial charge in [-0.15, -0.1) is 0 Å². The van der Waals surface area contributed by atoms with E-state index in [0.717, 1.165) is 31.4 Å². The first-order chi connectivity index (χ1) is 7.72. The summed E-state index contributed by atoms with van der Waals surface area (Å²) in [5.74, 6) is 0.348. The van der Waals surface area contributed by atoms with Crippen LogP contribution in [-0.2, 0) is 4.79 Å². The van der Waals surface area contributed by atoms with Crippen molar-refractivity contribution < 1.29 is 4.79 Å². The summed E-state index contributed by atoms with van der Waals surface area (Å²) in [7, 11) is 2.09. The zero-order valence-corrected chi connectivity index (χ0v) is 10.2. The van der Waals surface area contributed by atoms with E-state index in [1.807, 2.05) is 24.3 Å². The monoisotopic (exact) mass is 237 g/mol. The summed E-state index contributed by atoms with van der Waals surface area (Å²) >= 11 is 6.14. The molecule has 3 heteroatoms. The Kier molecular flexibility index (Phi) is 3.62. The molecule has 1 aliphatic rings. The highest BCUT2D eigenvalue weighted by atomic mass is 35.5. The number of benzene rings is 1. The molecule has 2 rings (SSSR count). The number of aldehydes is 1. The molecule has 0 radical (unpaired) electrons. The lowest BCUT2D eigenvalue weighted by Gasteiger charge is -2.19. The Morgan fingerprint density at radius 2 is 2.25 bits per heavy atom. The van der Waals surface area contributed by atoms with E-state index in [1.165, 1.54) is 0 Å². The third kappa shape index (κ3) is 2.28. The van der Waals surface area contributed by atoms with E-state index in [0.29, 0.717) is 10.9 Å². The summed E-state index contributed by atoms with van der Waals surface area (Å²) in [5.41, 5.74) is 0.972. The lowest BCUT2D eigenvalue weighted by molar-refractivity contribution is -0.110. The summed E-state index contributed by atoms with van der Waals surface area (Å²) in [5, 5.41) is 0.703. The molecular formula is C13H16ClNO. The highest BCUT2D eigenvalue weighted by Gasteiger charge is 2.29. The largest absolute Gasteiger partial charge is 0.306 e. The van der Waals surface area contributed by atoms with Crippen molar-refractivity contribution in [3.63, 3.8) is 0 Å². The van der Waals surface area contributed by atoms with Gasteiger partial charge in [0.15, 0.2) is 0 Å². The molecule has 1 aromatic carbocycles. The maximum absolute atomic E-state index is 11.3. The van der Waals surface area contributed by atoms with Gasteiger partial charge in [-0.05, 0) is 37.6 Å².